The molecule has 0 saturated carbocycles. The molecule has 0 aromatic heterocycles. The van der Waals surface area contributed by atoms with Crippen LogP contribution in [0.3, 0.4) is 0 Å². The molecule has 0 aromatic rings. The van der Waals surface area contributed by atoms with Gasteiger partial charge < -0.3 is 26.2 Å². The molecule has 1 saturated heterocycles. The van der Waals surface area contributed by atoms with Crippen molar-refractivity contribution in [2.24, 2.45) is 5.73 Å². The monoisotopic (exact) mass is 274 g/mol. The minimum atomic E-state index is -1.22. The van der Waals surface area contributed by atoms with Crippen LogP contribution in [0.1, 0.15) is 0 Å². The summed E-state index contributed by atoms with van der Waals surface area (Å²) in [5, 5.41) is 13.6. The number of carbonyl (C=O) groups is 4. The topological polar surface area (TPSA) is 151 Å². The van der Waals surface area contributed by atoms with Crippen molar-refractivity contribution in [1.29, 1.82) is 0 Å². The van der Waals surface area contributed by atoms with E-state index in [-0.39, 0.29) is 26.2 Å². The van der Waals surface area contributed by atoms with Crippen LogP contribution in [0.4, 0.5) is 9.59 Å². The maximum Gasteiger partial charge on any atom is 0.404 e. The molecule has 5 N–H and O–H groups in total. The van der Waals surface area contributed by atoms with Gasteiger partial charge in [0.25, 0.3) is 0 Å². The van der Waals surface area contributed by atoms with E-state index in [1.807, 2.05) is 0 Å². The highest BCUT2D eigenvalue weighted by Gasteiger charge is 2.34. The summed E-state index contributed by atoms with van der Waals surface area (Å²) in [6, 6.07) is -1.86. The molecule has 1 heterocycles. The first-order chi connectivity index (χ1) is 8.91. The molecule has 1 aliphatic rings. The average molecular weight is 274 g/mol. The molecule has 1 rings (SSSR count). The minimum absolute atomic E-state index is 0.0355. The Balaban J connectivity index is 2.49. The quantitative estimate of drug-likeness (QED) is 0.422. The Morgan fingerprint density at radius 1 is 1.53 bits per heavy atom. The molecular weight excluding hydrogens is 260 g/mol. The van der Waals surface area contributed by atoms with E-state index in [4.69, 9.17) is 10.8 Å². The van der Waals surface area contributed by atoms with Gasteiger partial charge in [0.05, 0.1) is 6.54 Å². The maximum absolute atomic E-state index is 11.7. The predicted molar refractivity (Wildman–Crippen MR) is 60.1 cm³/mol. The van der Waals surface area contributed by atoms with Crippen LogP contribution in [0.5, 0.6) is 0 Å². The number of hydrogen-bond acceptors (Lipinski definition) is 5. The summed E-state index contributed by atoms with van der Waals surface area (Å²) in [7, 11) is 0. The van der Waals surface area contributed by atoms with E-state index in [2.05, 4.69) is 15.4 Å². The standard InChI is InChI=1S/C9H14N4O6/c10-8(17)19-2-1-11-9(18)13-4-6(14)12-3-5(13)7(15)16/h5H,1-4H2,(H2,10,17)(H,11,18)(H,12,14)(H,15,16). The molecule has 0 spiro atoms. The number of nitrogens with zero attached hydrogens (tertiary/aromatic N) is 1. The van der Waals surface area contributed by atoms with Crippen LogP contribution in [0.2, 0.25) is 0 Å². The van der Waals surface area contributed by atoms with E-state index in [1.165, 1.54) is 0 Å². The third-order valence-electron chi connectivity index (χ3n) is 2.35. The van der Waals surface area contributed by atoms with Crippen LogP contribution in [-0.4, -0.2) is 66.3 Å². The van der Waals surface area contributed by atoms with Crippen LogP contribution in [0.25, 0.3) is 0 Å². The fraction of sp³-hybridized carbons (Fsp3) is 0.556. The van der Waals surface area contributed by atoms with Crippen molar-refractivity contribution in [3.63, 3.8) is 0 Å². The minimum Gasteiger partial charge on any atom is -0.480 e. The molecule has 0 aliphatic carbocycles. The molecule has 0 aromatic carbocycles. The maximum atomic E-state index is 11.7. The van der Waals surface area contributed by atoms with Gasteiger partial charge in [-0.05, 0) is 0 Å². The van der Waals surface area contributed by atoms with E-state index in [0.29, 0.717) is 0 Å². The first-order valence-electron chi connectivity index (χ1n) is 5.38. The van der Waals surface area contributed by atoms with Crippen molar-refractivity contribution in [3.8, 4) is 0 Å². The number of piperazine rings is 1. The Morgan fingerprint density at radius 3 is 2.79 bits per heavy atom. The first-order valence-corrected chi connectivity index (χ1v) is 5.38. The second-order valence-corrected chi connectivity index (χ2v) is 3.69. The molecule has 0 radical (unpaired) electrons. The molecule has 106 valence electrons. The van der Waals surface area contributed by atoms with Crippen LogP contribution >= 0.6 is 0 Å². The normalized spacial score (nSPS) is 18.4. The molecule has 19 heavy (non-hydrogen) atoms. The summed E-state index contributed by atoms with van der Waals surface area (Å²) >= 11 is 0. The summed E-state index contributed by atoms with van der Waals surface area (Å²) in [6.07, 6.45) is -0.977. The Morgan fingerprint density at radius 2 is 2.21 bits per heavy atom. The van der Waals surface area contributed by atoms with Crippen LogP contribution in [0.15, 0.2) is 0 Å². The number of ether oxygens (including phenoxy) is 1. The fourth-order valence-corrected chi connectivity index (χ4v) is 1.49. The highest BCUT2D eigenvalue weighted by atomic mass is 16.5. The summed E-state index contributed by atoms with van der Waals surface area (Å²) in [5.74, 6) is -1.66. The third-order valence-corrected chi connectivity index (χ3v) is 2.35. The Hall–Kier alpha value is -2.52. The zero-order valence-corrected chi connectivity index (χ0v) is 9.92. The number of hydrogen-bond donors (Lipinski definition) is 4. The highest BCUT2D eigenvalue weighted by Crippen LogP contribution is 2.04. The number of carboxylic acids is 1. The van der Waals surface area contributed by atoms with Crippen molar-refractivity contribution in [1.82, 2.24) is 15.5 Å². The third kappa shape index (κ3) is 4.33. The van der Waals surface area contributed by atoms with Crippen molar-refractivity contribution in [3.05, 3.63) is 0 Å². The second-order valence-electron chi connectivity index (χ2n) is 3.69. The van der Waals surface area contributed by atoms with Crippen LogP contribution < -0.4 is 16.4 Å². The first kappa shape index (κ1) is 14.5. The van der Waals surface area contributed by atoms with Gasteiger partial charge in [-0.3, -0.25) is 9.69 Å². The Kier molecular flexibility index (Phi) is 4.92. The summed E-state index contributed by atoms with van der Waals surface area (Å²) < 4.78 is 4.39. The average Bonchev–Trinajstić information content (AvgIpc) is 2.33. The van der Waals surface area contributed by atoms with Crippen molar-refractivity contribution in [2.75, 3.05) is 26.2 Å². The van der Waals surface area contributed by atoms with E-state index in [0.717, 1.165) is 4.90 Å². The second kappa shape index (κ2) is 6.42. The van der Waals surface area contributed by atoms with Crippen LogP contribution in [-0.2, 0) is 14.3 Å². The molecule has 10 heteroatoms. The van der Waals surface area contributed by atoms with E-state index < -0.39 is 30.0 Å². The zero-order valence-electron chi connectivity index (χ0n) is 9.92. The predicted octanol–water partition coefficient (Wildman–Crippen LogP) is -2.32. The number of carboxylic acid groups (broad SMARTS) is 1. The summed E-state index contributed by atoms with van der Waals surface area (Å²) in [4.78, 5) is 45.0. The van der Waals surface area contributed by atoms with Gasteiger partial charge in [-0.25, -0.2) is 14.4 Å². The summed E-state index contributed by atoms with van der Waals surface area (Å²) in [6.45, 7) is -0.677. The SMILES string of the molecule is NC(=O)OCCNC(=O)N1CC(=O)NCC1C(=O)O. The lowest BCUT2D eigenvalue weighted by Gasteiger charge is -2.32. The van der Waals surface area contributed by atoms with Gasteiger partial charge in [0.15, 0.2) is 0 Å². The van der Waals surface area contributed by atoms with Crippen molar-refractivity contribution in [2.45, 2.75) is 6.04 Å². The highest BCUT2D eigenvalue weighted by molar-refractivity contribution is 5.90. The molecule has 1 aliphatic heterocycles. The molecule has 10 nitrogen and oxygen atoms in total. The molecule has 1 unspecified atom stereocenters. The fourth-order valence-electron chi connectivity index (χ4n) is 1.49. The Bertz CT molecular complexity index is 398. The number of aliphatic carboxylic acids is 1. The van der Waals surface area contributed by atoms with Gasteiger partial charge in [0.1, 0.15) is 19.2 Å². The van der Waals surface area contributed by atoms with Gasteiger partial charge in [-0.15, -0.1) is 0 Å². The van der Waals surface area contributed by atoms with Crippen molar-refractivity contribution < 1.29 is 29.0 Å². The lowest BCUT2D eigenvalue weighted by atomic mass is 10.2. The van der Waals surface area contributed by atoms with E-state index in [1.54, 1.807) is 0 Å². The van der Waals surface area contributed by atoms with E-state index >= 15 is 0 Å². The molecule has 1 fully saturated rings. The van der Waals surface area contributed by atoms with Gasteiger partial charge in [-0.2, -0.15) is 0 Å². The molecule has 0 bridgehead atoms. The van der Waals surface area contributed by atoms with E-state index in [9.17, 15) is 19.2 Å². The lowest BCUT2D eigenvalue weighted by Crippen LogP contribution is -2.61. The number of amides is 4. The summed E-state index contributed by atoms with van der Waals surface area (Å²) in [5.41, 5.74) is 4.72. The molecule has 1 atom stereocenters. The largest absolute Gasteiger partial charge is 0.480 e. The number of nitrogens with two attached hydrogens (primary N) is 1. The van der Waals surface area contributed by atoms with Gasteiger partial charge >= 0.3 is 18.1 Å². The zero-order chi connectivity index (χ0) is 14.4. The van der Waals surface area contributed by atoms with Gasteiger partial charge in [0, 0.05) is 6.54 Å². The van der Waals surface area contributed by atoms with Gasteiger partial charge in [-0.1, -0.05) is 0 Å². The molecular formula is C9H14N4O6. The number of rotatable bonds is 4. The number of primary amides is 1. The van der Waals surface area contributed by atoms with Gasteiger partial charge in [0.2, 0.25) is 5.91 Å². The smallest absolute Gasteiger partial charge is 0.404 e. The number of carbonyl (C=O) groups excluding carboxylic acids is 3. The number of urea groups is 1. The number of nitrogens with one attached hydrogen (secondary N) is 2. The lowest BCUT2D eigenvalue weighted by molar-refractivity contribution is -0.144. The Labute approximate surface area is 107 Å². The van der Waals surface area contributed by atoms with Crippen molar-refractivity contribution >= 4 is 24.0 Å². The van der Waals surface area contributed by atoms with Crippen LogP contribution in [0, 0.1) is 0 Å². The molecule has 4 amide bonds.